The van der Waals surface area contributed by atoms with Gasteiger partial charge in [-0.2, -0.15) is 0 Å². The highest BCUT2D eigenvalue weighted by molar-refractivity contribution is 5.71. The predicted molar refractivity (Wildman–Crippen MR) is 315 cm³/mol. The first-order valence-electron chi connectivity index (χ1n) is 29.3. The zero-order valence-corrected chi connectivity index (χ0v) is 46.8. The Hall–Kier alpha value is -4.71. The van der Waals surface area contributed by atoms with E-state index in [1.165, 1.54) is 64.2 Å². The summed E-state index contributed by atoms with van der Waals surface area (Å²) in [4.78, 5) is 38.1. The second kappa shape index (κ2) is 59.8. The van der Waals surface area contributed by atoms with Crippen LogP contribution < -0.4 is 0 Å². The van der Waals surface area contributed by atoms with Crippen molar-refractivity contribution in [3.8, 4) is 0 Å². The van der Waals surface area contributed by atoms with Crippen LogP contribution in [-0.2, 0) is 28.6 Å². The Bertz CT molecular complexity index is 1630. The molecule has 6 heteroatoms. The summed E-state index contributed by atoms with van der Waals surface area (Å²) in [6.07, 6.45) is 85.7. The SMILES string of the molecule is CC/C=C\C/C=C\C/C=C\C/C=C\C/C=C\C/C=C\C/C=C\C/C=C\C/C=C\CCCC(=O)OCC(COC(=O)CCCCCCCCCCCCCCC)OC(=O)CCCCC/C=C\C/C=C\C/C=C\CC. The normalized spacial score (nSPS) is 13.2. The maximum absolute atomic E-state index is 12.8. The summed E-state index contributed by atoms with van der Waals surface area (Å²) in [5, 5.41) is 0. The summed E-state index contributed by atoms with van der Waals surface area (Å²) in [6.45, 7) is 6.32. The van der Waals surface area contributed by atoms with Gasteiger partial charge < -0.3 is 14.2 Å². The smallest absolute Gasteiger partial charge is 0.306 e. The summed E-state index contributed by atoms with van der Waals surface area (Å²) in [5.74, 6) is -1.01. The van der Waals surface area contributed by atoms with Gasteiger partial charge in [0.25, 0.3) is 0 Å². The molecular weight excluding hydrogens is 901 g/mol. The molecule has 0 aliphatic rings. The molecule has 73 heavy (non-hydrogen) atoms. The third-order valence-electron chi connectivity index (χ3n) is 11.8. The molecule has 0 bridgehead atoms. The molecule has 410 valence electrons. The largest absolute Gasteiger partial charge is 0.462 e. The Kier molecular flexibility index (Phi) is 56.0. The van der Waals surface area contributed by atoms with E-state index in [-0.39, 0.29) is 44.0 Å². The lowest BCUT2D eigenvalue weighted by molar-refractivity contribution is -0.167. The number of unbranched alkanes of at least 4 members (excludes halogenated alkanes) is 16. The van der Waals surface area contributed by atoms with Crippen LogP contribution in [0.2, 0.25) is 0 Å². The van der Waals surface area contributed by atoms with Crippen LogP contribution in [0.5, 0.6) is 0 Å². The summed E-state index contributed by atoms with van der Waals surface area (Å²) in [6, 6.07) is 0. The van der Waals surface area contributed by atoms with E-state index in [2.05, 4.69) is 167 Å². The van der Waals surface area contributed by atoms with Crippen molar-refractivity contribution in [2.75, 3.05) is 13.2 Å². The molecular formula is C67H106O6. The van der Waals surface area contributed by atoms with Crippen molar-refractivity contribution in [3.63, 3.8) is 0 Å². The van der Waals surface area contributed by atoms with E-state index in [0.717, 1.165) is 122 Å². The number of esters is 3. The first-order chi connectivity index (χ1) is 36.0. The van der Waals surface area contributed by atoms with Gasteiger partial charge in [0.15, 0.2) is 6.10 Å². The van der Waals surface area contributed by atoms with Crippen molar-refractivity contribution >= 4 is 17.9 Å². The van der Waals surface area contributed by atoms with Crippen LogP contribution in [-0.4, -0.2) is 37.2 Å². The summed E-state index contributed by atoms with van der Waals surface area (Å²) < 4.78 is 16.8. The monoisotopic (exact) mass is 1010 g/mol. The van der Waals surface area contributed by atoms with Gasteiger partial charge in [-0.25, -0.2) is 0 Å². The predicted octanol–water partition coefficient (Wildman–Crippen LogP) is 20.0. The van der Waals surface area contributed by atoms with Crippen LogP contribution in [0, 0.1) is 0 Å². The van der Waals surface area contributed by atoms with Crippen molar-refractivity contribution in [2.45, 2.75) is 245 Å². The molecule has 0 fully saturated rings. The van der Waals surface area contributed by atoms with Crippen LogP contribution in [0.1, 0.15) is 239 Å². The van der Waals surface area contributed by atoms with Gasteiger partial charge in [-0.1, -0.05) is 250 Å². The maximum atomic E-state index is 12.8. The van der Waals surface area contributed by atoms with Crippen molar-refractivity contribution in [2.24, 2.45) is 0 Å². The van der Waals surface area contributed by atoms with Gasteiger partial charge in [-0.3, -0.25) is 14.4 Å². The molecule has 0 aliphatic heterocycles. The van der Waals surface area contributed by atoms with Crippen LogP contribution in [0.15, 0.2) is 146 Å². The van der Waals surface area contributed by atoms with E-state index in [1.54, 1.807) is 0 Å². The third-order valence-corrected chi connectivity index (χ3v) is 11.8. The number of ether oxygens (including phenoxy) is 3. The second-order valence-electron chi connectivity index (χ2n) is 18.8. The lowest BCUT2D eigenvalue weighted by atomic mass is 10.0. The Balaban J connectivity index is 4.44. The Labute approximate surface area is 448 Å². The molecule has 0 rings (SSSR count). The molecule has 0 aromatic heterocycles. The van der Waals surface area contributed by atoms with Gasteiger partial charge >= 0.3 is 17.9 Å². The molecule has 1 atom stereocenters. The first-order valence-corrected chi connectivity index (χ1v) is 29.3. The fourth-order valence-corrected chi connectivity index (χ4v) is 7.52. The quantitative estimate of drug-likeness (QED) is 0.0261. The molecule has 0 N–H and O–H groups in total. The fraction of sp³-hybridized carbons (Fsp3) is 0.597. The third kappa shape index (κ3) is 58.1. The van der Waals surface area contributed by atoms with Gasteiger partial charge in [0.05, 0.1) is 0 Å². The highest BCUT2D eigenvalue weighted by Gasteiger charge is 2.19. The molecule has 6 nitrogen and oxygen atoms in total. The number of carbonyl (C=O) groups excluding carboxylic acids is 3. The van der Waals surface area contributed by atoms with Crippen molar-refractivity contribution in [1.29, 1.82) is 0 Å². The van der Waals surface area contributed by atoms with E-state index < -0.39 is 6.10 Å². The molecule has 0 saturated carbocycles. The minimum Gasteiger partial charge on any atom is -0.462 e. The molecule has 0 amide bonds. The first kappa shape index (κ1) is 68.3. The summed E-state index contributed by atoms with van der Waals surface area (Å²) in [5.41, 5.74) is 0. The van der Waals surface area contributed by atoms with Crippen LogP contribution in [0.3, 0.4) is 0 Å². The standard InChI is InChI=1S/C67H106O6/c1-4-7-10-13-16-19-22-25-26-27-28-29-30-31-32-33-34-35-36-37-38-39-40-43-45-48-51-54-57-60-66(69)72-63-64(73-67(70)61-58-55-52-49-46-42-24-21-18-15-12-9-6-3)62-71-65(68)59-56-53-50-47-44-41-23-20-17-14-11-8-5-2/h7,9-10,12,16,18-19,21,25-26,28-29,31-32,34-35,37-38,40,42-43,46,48,51,64H,4-6,8,11,13-15,17,20,22-24,27,30,33,36,39,41,44-45,47,49-50,52-63H2,1-3H3/b10-7-,12-9-,19-16-,21-18-,26-25-,29-28-,32-31-,35-34-,38-37-,43-40-,46-42-,51-48-. The Morgan fingerprint density at radius 3 is 0.890 bits per heavy atom. The number of rotatable bonds is 51. The molecule has 1 unspecified atom stereocenters. The number of hydrogen-bond donors (Lipinski definition) is 0. The molecule has 0 aromatic carbocycles. The van der Waals surface area contributed by atoms with Gasteiger partial charge in [0, 0.05) is 19.3 Å². The van der Waals surface area contributed by atoms with Crippen molar-refractivity contribution in [1.82, 2.24) is 0 Å². The second-order valence-corrected chi connectivity index (χ2v) is 18.8. The number of hydrogen-bond acceptors (Lipinski definition) is 6. The highest BCUT2D eigenvalue weighted by Crippen LogP contribution is 2.14. The Morgan fingerprint density at radius 2 is 0.548 bits per heavy atom. The van der Waals surface area contributed by atoms with E-state index in [0.29, 0.717) is 19.3 Å². The van der Waals surface area contributed by atoms with Crippen molar-refractivity contribution < 1.29 is 28.6 Å². The van der Waals surface area contributed by atoms with Crippen molar-refractivity contribution in [3.05, 3.63) is 146 Å². The van der Waals surface area contributed by atoms with Crippen LogP contribution >= 0.6 is 0 Å². The van der Waals surface area contributed by atoms with E-state index >= 15 is 0 Å². The molecule has 0 aliphatic carbocycles. The lowest BCUT2D eigenvalue weighted by Gasteiger charge is -2.18. The summed E-state index contributed by atoms with van der Waals surface area (Å²) in [7, 11) is 0. The molecule has 0 saturated heterocycles. The number of allylic oxidation sites excluding steroid dienone is 24. The van der Waals surface area contributed by atoms with E-state index in [1.807, 2.05) is 0 Å². The highest BCUT2D eigenvalue weighted by atomic mass is 16.6. The van der Waals surface area contributed by atoms with Crippen LogP contribution in [0.4, 0.5) is 0 Å². The van der Waals surface area contributed by atoms with Crippen LogP contribution in [0.25, 0.3) is 0 Å². The van der Waals surface area contributed by atoms with Gasteiger partial charge in [-0.15, -0.1) is 0 Å². The van der Waals surface area contributed by atoms with Gasteiger partial charge in [-0.05, 0) is 116 Å². The van der Waals surface area contributed by atoms with Gasteiger partial charge in [0.2, 0.25) is 0 Å². The Morgan fingerprint density at radius 1 is 0.288 bits per heavy atom. The lowest BCUT2D eigenvalue weighted by Crippen LogP contribution is -2.30. The molecule has 0 aromatic rings. The average Bonchev–Trinajstić information content (AvgIpc) is 3.39. The zero-order valence-electron chi connectivity index (χ0n) is 46.8. The topological polar surface area (TPSA) is 78.9 Å². The minimum atomic E-state index is -0.821. The van der Waals surface area contributed by atoms with E-state index in [9.17, 15) is 14.4 Å². The van der Waals surface area contributed by atoms with E-state index in [4.69, 9.17) is 14.2 Å². The molecule has 0 radical (unpaired) electrons. The number of carbonyl (C=O) groups is 3. The molecule has 0 spiro atoms. The summed E-state index contributed by atoms with van der Waals surface area (Å²) >= 11 is 0. The maximum Gasteiger partial charge on any atom is 0.306 e. The zero-order chi connectivity index (χ0) is 52.9. The average molecular weight is 1010 g/mol. The fourth-order valence-electron chi connectivity index (χ4n) is 7.52. The molecule has 0 heterocycles. The van der Waals surface area contributed by atoms with Gasteiger partial charge in [0.1, 0.15) is 13.2 Å². The minimum absolute atomic E-state index is 0.111.